The van der Waals surface area contributed by atoms with Crippen LogP contribution in [-0.4, -0.2) is 59.8 Å². The van der Waals surface area contributed by atoms with Crippen molar-refractivity contribution in [3.63, 3.8) is 0 Å². The molecule has 3 N–H and O–H groups in total. The summed E-state index contributed by atoms with van der Waals surface area (Å²) in [5.74, 6) is -1.61. The number of carbonyl (C=O) groups excluding carboxylic acids is 2. The van der Waals surface area contributed by atoms with E-state index in [1.807, 2.05) is 87.6 Å². The van der Waals surface area contributed by atoms with Crippen LogP contribution in [0.5, 0.6) is 0 Å². The van der Waals surface area contributed by atoms with Crippen LogP contribution in [0, 0.1) is 0 Å². The number of aliphatic carboxylic acids is 1. The van der Waals surface area contributed by atoms with Gasteiger partial charge in [0, 0.05) is 31.0 Å². The standard InChI is InChI=1S/C32H37N3O5/c1-32(2,35(3)19-22-11-5-4-6-12-22)21-33-30(38)28(17-18-29(36)37)34-31(39)40-20-27-25-15-9-7-13-23(25)24-14-8-10-16-26(24)27/h4-16,27-28H,17-21H2,1-3H3,(H,33,38)(H,34,39)(H,36,37). The van der Waals surface area contributed by atoms with Crippen LogP contribution in [-0.2, 0) is 20.9 Å². The second kappa shape index (κ2) is 12.8. The molecule has 1 aliphatic carbocycles. The van der Waals surface area contributed by atoms with Gasteiger partial charge in [0.2, 0.25) is 5.91 Å². The maximum Gasteiger partial charge on any atom is 0.407 e. The van der Waals surface area contributed by atoms with E-state index in [2.05, 4.69) is 27.7 Å². The Hall–Kier alpha value is -4.17. The Labute approximate surface area is 235 Å². The number of carboxylic acids is 1. The zero-order valence-corrected chi connectivity index (χ0v) is 23.2. The Bertz CT molecular complexity index is 1300. The van der Waals surface area contributed by atoms with Gasteiger partial charge in [-0.05, 0) is 55.1 Å². The third-order valence-electron chi connectivity index (χ3n) is 7.59. The molecular weight excluding hydrogens is 506 g/mol. The Morgan fingerprint density at radius 1 is 0.925 bits per heavy atom. The first-order chi connectivity index (χ1) is 19.2. The summed E-state index contributed by atoms with van der Waals surface area (Å²) in [5, 5.41) is 14.7. The third kappa shape index (κ3) is 7.07. The van der Waals surface area contributed by atoms with Crippen molar-refractivity contribution in [2.75, 3.05) is 20.2 Å². The van der Waals surface area contributed by atoms with Gasteiger partial charge in [-0.15, -0.1) is 0 Å². The van der Waals surface area contributed by atoms with Gasteiger partial charge >= 0.3 is 12.1 Å². The molecule has 0 heterocycles. The second-order valence-electron chi connectivity index (χ2n) is 10.8. The molecule has 2 amide bonds. The number of nitrogens with one attached hydrogen (secondary N) is 2. The Kier molecular flexibility index (Phi) is 9.22. The smallest absolute Gasteiger partial charge is 0.407 e. The monoisotopic (exact) mass is 543 g/mol. The lowest BCUT2D eigenvalue weighted by atomic mass is 9.98. The van der Waals surface area contributed by atoms with Gasteiger partial charge in [-0.2, -0.15) is 0 Å². The molecule has 0 fully saturated rings. The van der Waals surface area contributed by atoms with Crippen molar-refractivity contribution in [2.24, 2.45) is 0 Å². The number of nitrogens with zero attached hydrogens (tertiary/aromatic N) is 1. The summed E-state index contributed by atoms with van der Waals surface area (Å²) in [6.07, 6.45) is -1.07. The number of alkyl carbamates (subject to hydrolysis) is 1. The summed E-state index contributed by atoms with van der Waals surface area (Å²) in [5.41, 5.74) is 5.15. The number of benzene rings is 3. The molecule has 0 radical (unpaired) electrons. The molecule has 0 bridgehead atoms. The number of rotatable bonds is 12. The molecule has 1 aliphatic rings. The quantitative estimate of drug-likeness (QED) is 0.303. The number of amides is 2. The number of ether oxygens (including phenoxy) is 1. The molecule has 8 nitrogen and oxygen atoms in total. The van der Waals surface area contributed by atoms with Gasteiger partial charge in [0.15, 0.2) is 0 Å². The fourth-order valence-corrected chi connectivity index (χ4v) is 4.95. The van der Waals surface area contributed by atoms with Gasteiger partial charge in [-0.3, -0.25) is 14.5 Å². The summed E-state index contributed by atoms with van der Waals surface area (Å²) in [6, 6.07) is 25.1. The van der Waals surface area contributed by atoms with Crippen LogP contribution >= 0.6 is 0 Å². The van der Waals surface area contributed by atoms with Crippen LogP contribution < -0.4 is 10.6 Å². The minimum Gasteiger partial charge on any atom is -0.481 e. The first kappa shape index (κ1) is 28.8. The fourth-order valence-electron chi connectivity index (χ4n) is 4.95. The number of hydrogen-bond acceptors (Lipinski definition) is 5. The van der Waals surface area contributed by atoms with Crippen LogP contribution in [0.1, 0.15) is 49.3 Å². The Balaban J connectivity index is 1.36. The third-order valence-corrected chi connectivity index (χ3v) is 7.59. The molecule has 0 aliphatic heterocycles. The van der Waals surface area contributed by atoms with E-state index in [0.29, 0.717) is 13.1 Å². The van der Waals surface area contributed by atoms with Crippen molar-refractivity contribution < 1.29 is 24.2 Å². The van der Waals surface area contributed by atoms with Gasteiger partial charge in [0.1, 0.15) is 12.6 Å². The highest BCUT2D eigenvalue weighted by Crippen LogP contribution is 2.44. The number of likely N-dealkylation sites (N-methyl/N-ethyl adjacent to an activating group) is 1. The van der Waals surface area contributed by atoms with Crippen molar-refractivity contribution in [1.82, 2.24) is 15.5 Å². The lowest BCUT2D eigenvalue weighted by Crippen LogP contribution is -2.54. The van der Waals surface area contributed by atoms with Crippen molar-refractivity contribution in [1.29, 1.82) is 0 Å². The number of carboxylic acid groups (broad SMARTS) is 1. The molecule has 0 saturated heterocycles. The fraction of sp³-hybridized carbons (Fsp3) is 0.344. The molecule has 0 saturated carbocycles. The molecule has 3 aromatic carbocycles. The predicted octanol–water partition coefficient (Wildman–Crippen LogP) is 4.79. The molecule has 0 aromatic heterocycles. The van der Waals surface area contributed by atoms with Gasteiger partial charge < -0.3 is 20.5 Å². The first-order valence-corrected chi connectivity index (χ1v) is 13.5. The van der Waals surface area contributed by atoms with Gasteiger partial charge in [0.05, 0.1) is 0 Å². The maximum atomic E-state index is 13.1. The lowest BCUT2D eigenvalue weighted by molar-refractivity contribution is -0.137. The van der Waals surface area contributed by atoms with E-state index in [9.17, 15) is 19.5 Å². The van der Waals surface area contributed by atoms with Crippen LogP contribution in [0.15, 0.2) is 78.9 Å². The van der Waals surface area contributed by atoms with Crippen LogP contribution in [0.2, 0.25) is 0 Å². The Morgan fingerprint density at radius 2 is 1.50 bits per heavy atom. The van der Waals surface area contributed by atoms with E-state index < -0.39 is 29.6 Å². The second-order valence-corrected chi connectivity index (χ2v) is 10.8. The molecule has 0 spiro atoms. The number of fused-ring (bicyclic) bond motifs is 3. The highest BCUT2D eigenvalue weighted by atomic mass is 16.5. The maximum absolute atomic E-state index is 13.1. The first-order valence-electron chi connectivity index (χ1n) is 13.5. The SMILES string of the molecule is CN(Cc1ccccc1)C(C)(C)CNC(=O)C(CCC(=O)O)NC(=O)OCC1c2ccccc2-c2ccccc21. The molecule has 40 heavy (non-hydrogen) atoms. The zero-order chi connectivity index (χ0) is 28.7. The van der Waals surface area contributed by atoms with Gasteiger partial charge in [-0.1, -0.05) is 78.9 Å². The van der Waals surface area contributed by atoms with E-state index in [-0.39, 0.29) is 25.4 Å². The average molecular weight is 544 g/mol. The highest BCUT2D eigenvalue weighted by molar-refractivity contribution is 5.86. The van der Waals surface area contributed by atoms with Crippen molar-refractivity contribution >= 4 is 18.0 Å². The largest absolute Gasteiger partial charge is 0.481 e. The topological polar surface area (TPSA) is 108 Å². The van der Waals surface area contributed by atoms with E-state index in [4.69, 9.17) is 4.74 Å². The van der Waals surface area contributed by atoms with Crippen molar-refractivity contribution in [2.45, 2.75) is 50.7 Å². The molecule has 4 rings (SSSR count). The minimum absolute atomic E-state index is 0.0500. The lowest BCUT2D eigenvalue weighted by Gasteiger charge is -2.36. The van der Waals surface area contributed by atoms with Crippen LogP contribution in [0.25, 0.3) is 11.1 Å². The van der Waals surface area contributed by atoms with Crippen molar-refractivity contribution in [3.05, 3.63) is 95.6 Å². The summed E-state index contributed by atoms with van der Waals surface area (Å²) in [4.78, 5) is 39.3. The van der Waals surface area contributed by atoms with E-state index in [1.165, 1.54) is 0 Å². The summed E-state index contributed by atoms with van der Waals surface area (Å²) >= 11 is 0. The average Bonchev–Trinajstić information content (AvgIpc) is 3.27. The highest BCUT2D eigenvalue weighted by Gasteiger charge is 2.31. The zero-order valence-electron chi connectivity index (χ0n) is 23.2. The minimum atomic E-state index is -1.05. The van der Waals surface area contributed by atoms with Gasteiger partial charge in [0.25, 0.3) is 0 Å². The van der Waals surface area contributed by atoms with E-state index >= 15 is 0 Å². The van der Waals surface area contributed by atoms with Crippen LogP contribution in [0.3, 0.4) is 0 Å². The normalized spacial score (nSPS) is 13.3. The number of carbonyl (C=O) groups is 3. The molecule has 3 aromatic rings. The molecule has 1 atom stereocenters. The molecule has 1 unspecified atom stereocenters. The van der Waals surface area contributed by atoms with Crippen molar-refractivity contribution in [3.8, 4) is 11.1 Å². The molecule has 210 valence electrons. The summed E-state index contributed by atoms with van der Waals surface area (Å²) in [6.45, 7) is 5.14. The molecule has 8 heteroatoms. The molecular formula is C32H37N3O5. The summed E-state index contributed by atoms with van der Waals surface area (Å²) in [7, 11) is 1.98. The predicted molar refractivity (Wildman–Crippen MR) is 154 cm³/mol. The van der Waals surface area contributed by atoms with Crippen LogP contribution in [0.4, 0.5) is 4.79 Å². The van der Waals surface area contributed by atoms with Gasteiger partial charge in [-0.25, -0.2) is 4.79 Å². The Morgan fingerprint density at radius 3 is 2.10 bits per heavy atom. The number of hydrogen-bond donors (Lipinski definition) is 3. The van der Waals surface area contributed by atoms with E-state index in [0.717, 1.165) is 27.8 Å². The summed E-state index contributed by atoms with van der Waals surface area (Å²) < 4.78 is 5.59. The van der Waals surface area contributed by atoms with E-state index in [1.54, 1.807) is 0 Å².